The first-order valence-corrected chi connectivity index (χ1v) is 7.26. The van der Waals surface area contributed by atoms with Gasteiger partial charge in [-0.25, -0.2) is 4.79 Å². The Morgan fingerprint density at radius 1 is 1.40 bits per heavy atom. The molecule has 0 aliphatic carbocycles. The van der Waals surface area contributed by atoms with Crippen molar-refractivity contribution in [2.75, 3.05) is 5.73 Å². The van der Waals surface area contributed by atoms with Crippen LogP contribution < -0.4 is 5.73 Å². The van der Waals surface area contributed by atoms with Gasteiger partial charge in [0.25, 0.3) is 0 Å². The normalized spacial score (nSPS) is 11.7. The number of nitrogens with two attached hydrogens (primary N) is 1. The molecule has 0 unspecified atom stereocenters. The van der Waals surface area contributed by atoms with Crippen LogP contribution in [0.5, 0.6) is 0 Å². The van der Waals surface area contributed by atoms with Gasteiger partial charge in [0.15, 0.2) is 5.22 Å². The molecule has 2 aromatic rings. The van der Waals surface area contributed by atoms with Gasteiger partial charge in [0.2, 0.25) is 0 Å². The summed E-state index contributed by atoms with van der Waals surface area (Å²) in [7, 11) is 0. The molecule has 2 rings (SSSR count). The molecule has 4 nitrogen and oxygen atoms in total. The molecule has 108 valence electrons. The van der Waals surface area contributed by atoms with Crippen molar-refractivity contribution in [1.29, 1.82) is 0 Å². The molecule has 0 radical (unpaired) electrons. The van der Waals surface area contributed by atoms with Crippen LogP contribution in [-0.4, -0.2) is 11.6 Å². The zero-order valence-corrected chi connectivity index (χ0v) is 13.3. The van der Waals surface area contributed by atoms with Crippen molar-refractivity contribution in [2.24, 2.45) is 0 Å². The summed E-state index contributed by atoms with van der Waals surface area (Å²) in [6.45, 7) is 7.28. The van der Waals surface area contributed by atoms with Crippen molar-refractivity contribution in [3.63, 3.8) is 0 Å². The van der Waals surface area contributed by atoms with E-state index in [9.17, 15) is 4.79 Å². The standard InChI is InChI=1S/C14H16ClNO3S/c1-7-10(16)12(13(17)19-14(2,3)4)20-11(7)8-5-6-9(15)18-8/h5-6H,16H2,1-4H3. The average molecular weight is 314 g/mol. The number of carbonyl (C=O) groups excluding carboxylic acids is 1. The Morgan fingerprint density at radius 2 is 2.05 bits per heavy atom. The zero-order chi connectivity index (χ0) is 15.1. The first kappa shape index (κ1) is 14.9. The summed E-state index contributed by atoms with van der Waals surface area (Å²) < 4.78 is 10.7. The smallest absolute Gasteiger partial charge is 0.351 e. The summed E-state index contributed by atoms with van der Waals surface area (Å²) >= 11 is 7.02. The van der Waals surface area contributed by atoms with Crippen LogP contribution >= 0.6 is 22.9 Å². The second-order valence-corrected chi connectivity index (χ2v) is 6.80. The molecule has 6 heteroatoms. The summed E-state index contributed by atoms with van der Waals surface area (Å²) in [4.78, 5) is 13.3. The van der Waals surface area contributed by atoms with Gasteiger partial charge in [-0.15, -0.1) is 11.3 Å². The predicted octanol–water partition coefficient (Wildman–Crippen LogP) is 4.51. The molecule has 0 saturated carbocycles. The third kappa shape index (κ3) is 2.99. The van der Waals surface area contributed by atoms with E-state index in [4.69, 9.17) is 26.5 Å². The highest BCUT2D eigenvalue weighted by atomic mass is 35.5. The number of rotatable bonds is 2. The number of hydrogen-bond donors (Lipinski definition) is 1. The number of ether oxygens (including phenoxy) is 1. The molecule has 2 aromatic heterocycles. The van der Waals surface area contributed by atoms with Crippen molar-refractivity contribution in [2.45, 2.75) is 33.3 Å². The molecular weight excluding hydrogens is 298 g/mol. The molecule has 0 aliphatic rings. The quantitative estimate of drug-likeness (QED) is 0.828. The minimum Gasteiger partial charge on any atom is -0.456 e. The van der Waals surface area contributed by atoms with Crippen molar-refractivity contribution in [1.82, 2.24) is 0 Å². The lowest BCUT2D eigenvalue weighted by Crippen LogP contribution is -2.23. The van der Waals surface area contributed by atoms with Crippen LogP contribution in [-0.2, 0) is 4.74 Å². The van der Waals surface area contributed by atoms with Crippen LogP contribution in [0.4, 0.5) is 5.69 Å². The Kier molecular flexibility index (Phi) is 3.84. The summed E-state index contributed by atoms with van der Waals surface area (Å²) in [5.74, 6) is 0.172. The summed E-state index contributed by atoms with van der Waals surface area (Å²) in [6, 6.07) is 3.40. The van der Waals surface area contributed by atoms with Crippen LogP contribution in [0, 0.1) is 6.92 Å². The van der Waals surface area contributed by atoms with E-state index in [0.29, 0.717) is 21.5 Å². The fraction of sp³-hybridized carbons (Fsp3) is 0.357. The van der Waals surface area contributed by atoms with Gasteiger partial charge < -0.3 is 14.9 Å². The molecule has 0 spiro atoms. The van der Waals surface area contributed by atoms with E-state index in [1.54, 1.807) is 12.1 Å². The minimum atomic E-state index is -0.560. The van der Waals surface area contributed by atoms with E-state index in [0.717, 1.165) is 10.4 Å². The number of carbonyl (C=O) groups is 1. The van der Waals surface area contributed by atoms with Gasteiger partial charge in [-0.2, -0.15) is 0 Å². The van der Waals surface area contributed by atoms with Crippen LogP contribution in [0.3, 0.4) is 0 Å². The Hall–Kier alpha value is -1.46. The van der Waals surface area contributed by atoms with Gasteiger partial charge in [-0.3, -0.25) is 0 Å². The molecule has 20 heavy (non-hydrogen) atoms. The Morgan fingerprint density at radius 3 is 2.55 bits per heavy atom. The van der Waals surface area contributed by atoms with Crippen molar-refractivity contribution >= 4 is 34.6 Å². The molecule has 0 saturated heterocycles. The van der Waals surface area contributed by atoms with Gasteiger partial charge in [0.05, 0.1) is 10.6 Å². The fourth-order valence-electron chi connectivity index (χ4n) is 1.67. The van der Waals surface area contributed by atoms with Crippen LogP contribution in [0.1, 0.15) is 36.0 Å². The Labute approximate surface area is 126 Å². The van der Waals surface area contributed by atoms with Gasteiger partial charge in [0, 0.05) is 0 Å². The number of esters is 1. The maximum atomic E-state index is 12.1. The lowest BCUT2D eigenvalue weighted by atomic mass is 10.2. The summed E-state index contributed by atoms with van der Waals surface area (Å²) in [6.07, 6.45) is 0. The topological polar surface area (TPSA) is 65.5 Å². The van der Waals surface area contributed by atoms with Gasteiger partial charge in [-0.1, -0.05) is 0 Å². The van der Waals surface area contributed by atoms with Crippen LogP contribution in [0.15, 0.2) is 16.5 Å². The number of furan rings is 1. The fourth-order valence-corrected chi connectivity index (χ4v) is 2.89. The van der Waals surface area contributed by atoms with Crippen LogP contribution in [0.2, 0.25) is 5.22 Å². The number of hydrogen-bond acceptors (Lipinski definition) is 5. The van der Waals surface area contributed by atoms with Gasteiger partial charge >= 0.3 is 5.97 Å². The monoisotopic (exact) mass is 313 g/mol. The summed E-state index contributed by atoms with van der Waals surface area (Å²) in [5, 5.41) is 0.296. The number of nitrogen functional groups attached to an aromatic ring is 1. The molecule has 0 atom stereocenters. The molecule has 0 aliphatic heterocycles. The third-order valence-electron chi connectivity index (χ3n) is 2.57. The SMILES string of the molecule is Cc1c(-c2ccc(Cl)o2)sc(C(=O)OC(C)(C)C)c1N. The highest BCUT2D eigenvalue weighted by molar-refractivity contribution is 7.18. The Balaban J connectivity index is 2.40. The van der Waals surface area contributed by atoms with Gasteiger partial charge in [0.1, 0.15) is 16.2 Å². The molecule has 0 amide bonds. The molecule has 0 fully saturated rings. The molecular formula is C14H16ClNO3S. The van der Waals surface area contributed by atoms with E-state index in [1.807, 2.05) is 27.7 Å². The lowest BCUT2D eigenvalue weighted by Gasteiger charge is -2.19. The zero-order valence-electron chi connectivity index (χ0n) is 11.7. The second-order valence-electron chi connectivity index (χ2n) is 5.40. The summed E-state index contributed by atoms with van der Waals surface area (Å²) in [5.41, 5.74) is 6.66. The van der Waals surface area contributed by atoms with Crippen molar-refractivity contribution in [3.8, 4) is 10.6 Å². The van der Waals surface area contributed by atoms with Crippen LogP contribution in [0.25, 0.3) is 10.6 Å². The molecule has 0 aromatic carbocycles. The number of thiophene rings is 1. The number of halogens is 1. The number of anilines is 1. The highest BCUT2D eigenvalue weighted by Crippen LogP contribution is 2.40. The predicted molar refractivity (Wildman–Crippen MR) is 81.3 cm³/mol. The van der Waals surface area contributed by atoms with Gasteiger partial charge in [-0.05, 0) is 57.0 Å². The first-order valence-electron chi connectivity index (χ1n) is 6.07. The highest BCUT2D eigenvalue weighted by Gasteiger charge is 2.25. The van der Waals surface area contributed by atoms with Crippen molar-refractivity contribution < 1.29 is 13.9 Å². The van der Waals surface area contributed by atoms with E-state index >= 15 is 0 Å². The maximum Gasteiger partial charge on any atom is 0.351 e. The minimum absolute atomic E-state index is 0.296. The Bertz CT molecular complexity index is 652. The molecule has 0 bridgehead atoms. The first-order chi connectivity index (χ1) is 9.19. The molecule has 2 N–H and O–H groups in total. The average Bonchev–Trinajstić information content (AvgIpc) is 2.83. The largest absolute Gasteiger partial charge is 0.456 e. The molecule has 2 heterocycles. The van der Waals surface area contributed by atoms with Crippen molar-refractivity contribution in [3.05, 3.63) is 27.8 Å². The van der Waals surface area contributed by atoms with E-state index in [2.05, 4.69) is 0 Å². The maximum absolute atomic E-state index is 12.1. The third-order valence-corrected chi connectivity index (χ3v) is 4.08. The lowest BCUT2D eigenvalue weighted by molar-refractivity contribution is 0.00763. The van der Waals surface area contributed by atoms with E-state index in [1.165, 1.54) is 11.3 Å². The van der Waals surface area contributed by atoms with E-state index in [-0.39, 0.29) is 0 Å². The second kappa shape index (κ2) is 5.14. The van der Waals surface area contributed by atoms with E-state index < -0.39 is 11.6 Å².